The lowest BCUT2D eigenvalue weighted by Gasteiger charge is -2.10. The van der Waals surface area contributed by atoms with Gasteiger partial charge in [0.2, 0.25) is 11.4 Å². The van der Waals surface area contributed by atoms with Crippen molar-refractivity contribution < 1.29 is 17.9 Å². The summed E-state index contributed by atoms with van der Waals surface area (Å²) in [4.78, 5) is 14.7. The van der Waals surface area contributed by atoms with Crippen molar-refractivity contribution in [3.63, 3.8) is 0 Å². The summed E-state index contributed by atoms with van der Waals surface area (Å²) in [6.07, 6.45) is -4.59. The molecule has 0 aliphatic heterocycles. The van der Waals surface area contributed by atoms with E-state index >= 15 is 0 Å². The molecule has 8 heteroatoms. The molecule has 0 bridgehead atoms. The minimum Gasteiger partial charge on any atom is -0.481 e. The van der Waals surface area contributed by atoms with Crippen LogP contribution in [0.4, 0.5) is 13.2 Å². The zero-order valence-electron chi connectivity index (χ0n) is 13.5. The van der Waals surface area contributed by atoms with Crippen LogP contribution in [0.1, 0.15) is 5.69 Å². The summed E-state index contributed by atoms with van der Waals surface area (Å²) in [5.74, 6) is 0.161. The average molecular weight is 359 g/mol. The first-order chi connectivity index (χ1) is 12.4. The highest BCUT2D eigenvalue weighted by Crippen LogP contribution is 2.35. The Hall–Kier alpha value is -3.29. The molecule has 0 aliphatic carbocycles. The first kappa shape index (κ1) is 16.2. The van der Waals surface area contributed by atoms with Gasteiger partial charge >= 0.3 is 6.18 Å². The van der Waals surface area contributed by atoms with E-state index in [1.54, 1.807) is 30.3 Å². The number of methoxy groups -OCH3 is 1. The Balaban J connectivity index is 2.10. The minimum atomic E-state index is -4.59. The maximum absolute atomic E-state index is 13.1. The second-order valence-corrected chi connectivity index (χ2v) is 5.71. The van der Waals surface area contributed by atoms with Gasteiger partial charge in [-0.2, -0.15) is 22.8 Å². The van der Waals surface area contributed by atoms with Crippen molar-refractivity contribution in [3.05, 3.63) is 64.6 Å². The average Bonchev–Trinajstić information content (AvgIpc) is 3.06. The molecule has 0 unspecified atom stereocenters. The molecule has 26 heavy (non-hydrogen) atoms. The van der Waals surface area contributed by atoms with E-state index in [9.17, 15) is 18.0 Å². The van der Waals surface area contributed by atoms with Crippen LogP contribution in [0.3, 0.4) is 0 Å². The number of para-hydroxylation sites is 1. The van der Waals surface area contributed by atoms with E-state index in [0.717, 1.165) is 10.6 Å². The number of ether oxygens (including phenoxy) is 1. The molecule has 0 fully saturated rings. The topological polar surface area (TPSA) is 59.4 Å². The van der Waals surface area contributed by atoms with Gasteiger partial charge < -0.3 is 9.72 Å². The fourth-order valence-electron chi connectivity index (χ4n) is 3.00. The quantitative estimate of drug-likeness (QED) is 0.591. The molecule has 0 amide bonds. The summed E-state index contributed by atoms with van der Waals surface area (Å²) < 4.78 is 45.6. The maximum atomic E-state index is 13.1. The van der Waals surface area contributed by atoms with E-state index in [1.165, 1.54) is 19.2 Å². The Morgan fingerprint density at radius 1 is 1.08 bits per heavy atom. The third-order valence-electron chi connectivity index (χ3n) is 4.13. The van der Waals surface area contributed by atoms with Gasteiger partial charge in [0, 0.05) is 28.6 Å². The standard InChI is InChI=1S/C18H12F3N3O2/c1-26-17-7-6-11(14-9-15(18(19,20)21)23-24(14)17)12-8-16(25)22-13-5-3-2-4-10(12)13/h2-9H,1H3,(H,22,25). The zero-order valence-corrected chi connectivity index (χ0v) is 13.5. The van der Waals surface area contributed by atoms with Crippen molar-refractivity contribution in [2.75, 3.05) is 7.11 Å². The summed E-state index contributed by atoms with van der Waals surface area (Å²) >= 11 is 0. The largest absolute Gasteiger partial charge is 0.481 e. The van der Waals surface area contributed by atoms with E-state index in [2.05, 4.69) is 10.1 Å². The number of alkyl halides is 3. The molecule has 0 spiro atoms. The Morgan fingerprint density at radius 3 is 2.58 bits per heavy atom. The van der Waals surface area contributed by atoms with Gasteiger partial charge in [-0.25, -0.2) is 0 Å². The molecule has 0 saturated heterocycles. The number of hydrogen-bond donors (Lipinski definition) is 1. The molecule has 1 aromatic carbocycles. The molecule has 3 heterocycles. The van der Waals surface area contributed by atoms with Gasteiger partial charge in [0.25, 0.3) is 0 Å². The van der Waals surface area contributed by atoms with Crippen LogP contribution in [0.25, 0.3) is 27.5 Å². The number of rotatable bonds is 2. The predicted molar refractivity (Wildman–Crippen MR) is 90.3 cm³/mol. The monoisotopic (exact) mass is 359 g/mol. The van der Waals surface area contributed by atoms with Crippen LogP contribution in [0.5, 0.6) is 5.88 Å². The Morgan fingerprint density at radius 2 is 1.85 bits per heavy atom. The van der Waals surface area contributed by atoms with E-state index in [4.69, 9.17) is 4.74 Å². The van der Waals surface area contributed by atoms with E-state index in [0.29, 0.717) is 22.0 Å². The number of aromatic amines is 1. The molecule has 0 aliphatic rings. The first-order valence-corrected chi connectivity index (χ1v) is 7.65. The number of halogens is 3. The van der Waals surface area contributed by atoms with E-state index < -0.39 is 11.9 Å². The Kier molecular flexibility index (Phi) is 3.50. The Labute approximate surface area is 144 Å². The maximum Gasteiger partial charge on any atom is 0.435 e. The predicted octanol–water partition coefficient (Wildman–Crippen LogP) is 3.87. The van der Waals surface area contributed by atoms with Crippen LogP contribution in [-0.2, 0) is 6.18 Å². The highest BCUT2D eigenvalue weighted by Gasteiger charge is 2.35. The first-order valence-electron chi connectivity index (χ1n) is 7.65. The van der Waals surface area contributed by atoms with Gasteiger partial charge in [0.05, 0.1) is 12.6 Å². The molecular weight excluding hydrogens is 347 g/mol. The SMILES string of the molecule is COc1ccc(-c2cc(=O)[nH]c3ccccc23)c2cc(C(F)(F)F)nn12. The second kappa shape index (κ2) is 5.62. The van der Waals surface area contributed by atoms with Crippen LogP contribution in [0.2, 0.25) is 0 Å². The van der Waals surface area contributed by atoms with Crippen molar-refractivity contribution in [3.8, 4) is 17.0 Å². The summed E-state index contributed by atoms with van der Waals surface area (Å²) in [5, 5.41) is 4.34. The minimum absolute atomic E-state index is 0.161. The van der Waals surface area contributed by atoms with Gasteiger partial charge in [0.15, 0.2) is 5.69 Å². The van der Waals surface area contributed by atoms with Crippen LogP contribution in [-0.4, -0.2) is 21.7 Å². The van der Waals surface area contributed by atoms with Crippen molar-refractivity contribution >= 4 is 16.4 Å². The summed E-state index contributed by atoms with van der Waals surface area (Å²) in [6.45, 7) is 0. The lowest BCUT2D eigenvalue weighted by molar-refractivity contribution is -0.141. The fraction of sp³-hybridized carbons (Fsp3) is 0.111. The lowest BCUT2D eigenvalue weighted by atomic mass is 10.0. The van der Waals surface area contributed by atoms with Gasteiger partial charge in [0.1, 0.15) is 0 Å². The molecular formula is C18H12F3N3O2. The summed E-state index contributed by atoms with van der Waals surface area (Å²) in [5.41, 5.74) is 0.398. The van der Waals surface area contributed by atoms with Crippen molar-refractivity contribution in [2.45, 2.75) is 6.18 Å². The smallest absolute Gasteiger partial charge is 0.435 e. The molecule has 0 saturated carbocycles. The molecule has 0 radical (unpaired) electrons. The van der Waals surface area contributed by atoms with Gasteiger partial charge in [-0.3, -0.25) is 4.79 Å². The number of benzene rings is 1. The van der Waals surface area contributed by atoms with Crippen molar-refractivity contribution in [2.24, 2.45) is 0 Å². The molecule has 132 valence electrons. The van der Waals surface area contributed by atoms with Crippen LogP contribution >= 0.6 is 0 Å². The van der Waals surface area contributed by atoms with Gasteiger partial charge in [-0.15, -0.1) is 0 Å². The molecule has 0 atom stereocenters. The van der Waals surface area contributed by atoms with E-state index in [1.807, 2.05) is 0 Å². The number of fused-ring (bicyclic) bond motifs is 2. The number of hydrogen-bond acceptors (Lipinski definition) is 3. The van der Waals surface area contributed by atoms with Crippen LogP contribution in [0, 0.1) is 0 Å². The molecule has 5 nitrogen and oxygen atoms in total. The number of nitrogens with one attached hydrogen (secondary N) is 1. The molecule has 4 aromatic rings. The lowest BCUT2D eigenvalue weighted by Crippen LogP contribution is -2.06. The number of pyridine rings is 2. The fourth-order valence-corrected chi connectivity index (χ4v) is 3.00. The van der Waals surface area contributed by atoms with Crippen molar-refractivity contribution in [1.82, 2.24) is 14.6 Å². The highest BCUT2D eigenvalue weighted by atomic mass is 19.4. The van der Waals surface area contributed by atoms with Gasteiger partial charge in [-0.1, -0.05) is 18.2 Å². The molecule has 1 N–H and O–H groups in total. The van der Waals surface area contributed by atoms with Crippen LogP contribution in [0.15, 0.2) is 53.3 Å². The highest BCUT2D eigenvalue weighted by molar-refractivity contribution is 5.98. The third kappa shape index (κ3) is 2.50. The molecule has 3 aromatic heterocycles. The second-order valence-electron chi connectivity index (χ2n) is 5.71. The van der Waals surface area contributed by atoms with E-state index in [-0.39, 0.29) is 17.0 Å². The Bertz CT molecular complexity index is 1190. The normalized spacial score (nSPS) is 12.0. The van der Waals surface area contributed by atoms with Crippen molar-refractivity contribution in [1.29, 1.82) is 0 Å². The number of H-pyrrole nitrogens is 1. The summed E-state index contributed by atoms with van der Waals surface area (Å²) in [7, 11) is 1.35. The zero-order chi connectivity index (χ0) is 18.5. The summed E-state index contributed by atoms with van der Waals surface area (Å²) in [6, 6.07) is 12.6. The third-order valence-corrected chi connectivity index (χ3v) is 4.13. The van der Waals surface area contributed by atoms with Gasteiger partial charge in [-0.05, 0) is 23.8 Å². The number of aromatic nitrogens is 3. The number of nitrogens with zero attached hydrogens (tertiary/aromatic N) is 2. The molecule has 4 rings (SSSR count). The van der Waals surface area contributed by atoms with Crippen LogP contribution < -0.4 is 10.3 Å².